The summed E-state index contributed by atoms with van der Waals surface area (Å²) in [6.07, 6.45) is 4.88. The van der Waals surface area contributed by atoms with Crippen molar-refractivity contribution in [1.82, 2.24) is 0 Å². The maximum atomic E-state index is 2.50. The van der Waals surface area contributed by atoms with E-state index >= 15 is 0 Å². The van der Waals surface area contributed by atoms with Crippen molar-refractivity contribution in [2.75, 3.05) is 0 Å². The smallest absolute Gasteiger partial charge is 1.00 e. The normalized spacial score (nSPS) is 20.5. The molecule has 1 unspecified atom stereocenters. The molecule has 1 aromatic rings. The number of hydrogen-bond donors (Lipinski definition) is 0. The van der Waals surface area contributed by atoms with E-state index < -0.39 is 23.2 Å². The van der Waals surface area contributed by atoms with Gasteiger partial charge in [-0.3, -0.25) is 0 Å². The van der Waals surface area contributed by atoms with E-state index in [1.807, 2.05) is 0 Å². The molecule has 0 saturated heterocycles. The average molecular weight is 408 g/mol. The SMILES string of the molecule is CC1=C(C)C(C)(C)[C]([Zr+2][CH]2C=Cc3c(C)ccc(C)c32)=C1C.[F-].[F-]. The van der Waals surface area contributed by atoms with Gasteiger partial charge in [0.25, 0.3) is 0 Å². The Morgan fingerprint density at radius 2 is 1.46 bits per heavy atom. The van der Waals surface area contributed by atoms with Crippen molar-refractivity contribution in [3.63, 3.8) is 0 Å². The van der Waals surface area contributed by atoms with Crippen molar-refractivity contribution in [3.05, 3.63) is 60.5 Å². The zero-order valence-electron chi connectivity index (χ0n) is 15.6. The molecule has 1 atom stereocenters. The Balaban J connectivity index is 0.00000144. The van der Waals surface area contributed by atoms with Gasteiger partial charge in [0.2, 0.25) is 0 Å². The Morgan fingerprint density at radius 1 is 0.875 bits per heavy atom. The second-order valence-electron chi connectivity index (χ2n) is 7.38. The summed E-state index contributed by atoms with van der Waals surface area (Å²) in [6, 6.07) is 4.58. The van der Waals surface area contributed by atoms with Gasteiger partial charge in [-0.25, -0.2) is 0 Å². The molecule has 3 rings (SSSR count). The molecule has 0 bridgehead atoms. The van der Waals surface area contributed by atoms with E-state index in [1.165, 1.54) is 16.7 Å². The van der Waals surface area contributed by atoms with Crippen molar-refractivity contribution in [2.24, 2.45) is 5.41 Å². The van der Waals surface area contributed by atoms with Crippen LogP contribution in [0.25, 0.3) is 6.08 Å². The van der Waals surface area contributed by atoms with Crippen LogP contribution in [0.1, 0.15) is 60.5 Å². The number of aryl methyl sites for hydroxylation is 2. The largest absolute Gasteiger partial charge is 1.00 e. The van der Waals surface area contributed by atoms with Crippen molar-refractivity contribution < 1.29 is 32.6 Å². The van der Waals surface area contributed by atoms with E-state index in [0.717, 1.165) is 0 Å². The van der Waals surface area contributed by atoms with Crippen molar-refractivity contribution in [2.45, 2.75) is 52.1 Å². The standard InChI is InChI=1S/C11H11.C10H15.2FH.Zr/c1-8-6-7-9(2)11-5-3-4-10(8)11;1-7-6-10(4,5)9(3)8(7)2;;;/h3-7H,1-2H3;1-5H3;2*1H;/q;;;;+2/p-2. The third-order valence-corrected chi connectivity index (χ3v) is 11.0. The first-order chi connectivity index (χ1) is 10.2. The topological polar surface area (TPSA) is 0 Å². The second kappa shape index (κ2) is 7.20. The first-order valence-corrected chi connectivity index (χ1v) is 10.8. The fourth-order valence-electron chi connectivity index (χ4n) is 3.94. The molecule has 0 spiro atoms. The summed E-state index contributed by atoms with van der Waals surface area (Å²) in [5.41, 5.74) is 11.1. The van der Waals surface area contributed by atoms with Gasteiger partial charge in [-0.2, -0.15) is 0 Å². The number of fused-ring (bicyclic) bond motifs is 1. The van der Waals surface area contributed by atoms with E-state index in [-0.39, 0.29) is 14.8 Å². The second-order valence-corrected chi connectivity index (χ2v) is 10.9. The first kappa shape index (κ1) is 21.2. The zero-order valence-corrected chi connectivity index (χ0v) is 18.1. The van der Waals surface area contributed by atoms with Gasteiger partial charge >= 0.3 is 147 Å². The first-order valence-electron chi connectivity index (χ1n) is 8.19. The van der Waals surface area contributed by atoms with Gasteiger partial charge in [0.05, 0.1) is 0 Å². The van der Waals surface area contributed by atoms with Gasteiger partial charge < -0.3 is 9.41 Å². The Kier molecular flexibility index (Phi) is 6.37. The van der Waals surface area contributed by atoms with E-state index in [2.05, 4.69) is 72.8 Å². The van der Waals surface area contributed by atoms with E-state index in [0.29, 0.717) is 3.63 Å². The molecule has 0 aromatic heterocycles. The monoisotopic (exact) mass is 406 g/mol. The van der Waals surface area contributed by atoms with E-state index in [1.54, 1.807) is 25.6 Å². The van der Waals surface area contributed by atoms with Crippen molar-refractivity contribution in [3.8, 4) is 0 Å². The van der Waals surface area contributed by atoms with Crippen LogP contribution in [0, 0.1) is 19.3 Å². The van der Waals surface area contributed by atoms with Gasteiger partial charge in [0.1, 0.15) is 0 Å². The van der Waals surface area contributed by atoms with E-state index in [9.17, 15) is 0 Å². The molecule has 0 nitrogen and oxygen atoms in total. The maximum absolute atomic E-state index is 2.50. The Bertz CT molecular complexity index is 751. The minimum Gasteiger partial charge on any atom is -1.00 e. The van der Waals surface area contributed by atoms with Crippen LogP contribution in [0.3, 0.4) is 0 Å². The van der Waals surface area contributed by atoms with Gasteiger partial charge in [0, 0.05) is 0 Å². The summed E-state index contributed by atoms with van der Waals surface area (Å²) >= 11 is -0.682. The van der Waals surface area contributed by atoms with Crippen LogP contribution in [0.2, 0.25) is 0 Å². The van der Waals surface area contributed by atoms with Crippen LogP contribution < -0.4 is 9.41 Å². The summed E-state index contributed by atoms with van der Waals surface area (Å²) in [4.78, 5) is 0. The average Bonchev–Trinajstić information content (AvgIpc) is 2.95. The number of hydrogen-bond acceptors (Lipinski definition) is 0. The molecular formula is C21H26F2Zr. The number of allylic oxidation sites excluding steroid dienone is 5. The fourth-order valence-corrected chi connectivity index (χ4v) is 8.81. The van der Waals surface area contributed by atoms with Crippen LogP contribution in [-0.2, 0) is 23.2 Å². The molecule has 2 aliphatic carbocycles. The summed E-state index contributed by atoms with van der Waals surface area (Å²) in [5, 5.41) is 0. The third-order valence-electron chi connectivity index (χ3n) is 5.85. The zero-order chi connectivity index (χ0) is 16.2. The summed E-state index contributed by atoms with van der Waals surface area (Å²) in [6.45, 7) is 16.4. The summed E-state index contributed by atoms with van der Waals surface area (Å²) in [7, 11) is 0. The van der Waals surface area contributed by atoms with Crippen LogP contribution >= 0.6 is 0 Å². The molecule has 24 heavy (non-hydrogen) atoms. The van der Waals surface area contributed by atoms with Gasteiger partial charge in [-0.1, -0.05) is 0 Å². The predicted octanol–water partition coefficient (Wildman–Crippen LogP) is 0.112. The molecule has 0 radical (unpaired) electrons. The summed E-state index contributed by atoms with van der Waals surface area (Å²) in [5.74, 6) is 0. The number of benzene rings is 1. The van der Waals surface area contributed by atoms with E-state index in [4.69, 9.17) is 0 Å². The molecule has 3 heteroatoms. The third kappa shape index (κ3) is 3.05. The van der Waals surface area contributed by atoms with Crippen LogP contribution in [0.15, 0.2) is 38.2 Å². The van der Waals surface area contributed by atoms with Crippen LogP contribution in [0.5, 0.6) is 0 Å². The molecule has 0 saturated carbocycles. The van der Waals surface area contributed by atoms with Crippen molar-refractivity contribution >= 4 is 6.08 Å². The molecule has 1 aromatic carbocycles. The fraction of sp³-hybridized carbons (Fsp3) is 0.429. The number of rotatable bonds is 2. The maximum Gasteiger partial charge on any atom is -1.00 e. The molecule has 128 valence electrons. The Morgan fingerprint density at radius 3 is 2.00 bits per heavy atom. The number of halogens is 2. The molecule has 0 fully saturated rings. The minimum absolute atomic E-state index is 0. The van der Waals surface area contributed by atoms with Gasteiger partial charge in [0.15, 0.2) is 0 Å². The molecule has 0 amide bonds. The molecule has 2 aliphatic rings. The van der Waals surface area contributed by atoms with Crippen LogP contribution in [0.4, 0.5) is 0 Å². The predicted molar refractivity (Wildman–Crippen MR) is 92.5 cm³/mol. The van der Waals surface area contributed by atoms with Gasteiger partial charge in [-0.15, -0.1) is 0 Å². The summed E-state index contributed by atoms with van der Waals surface area (Å²) < 4.78 is 2.51. The van der Waals surface area contributed by atoms with Crippen molar-refractivity contribution in [1.29, 1.82) is 0 Å². The molecular weight excluding hydrogens is 381 g/mol. The Hall–Kier alpha value is -0.817. The molecule has 0 N–H and O–H groups in total. The molecule has 0 heterocycles. The molecule has 0 aliphatic heterocycles. The van der Waals surface area contributed by atoms with Gasteiger partial charge in [-0.05, 0) is 0 Å². The van der Waals surface area contributed by atoms with Crippen LogP contribution in [-0.4, -0.2) is 0 Å². The minimum atomic E-state index is -0.682. The quantitative estimate of drug-likeness (QED) is 0.653. The Labute approximate surface area is 156 Å².